The molecule has 0 heterocycles. The Balaban J connectivity index is 2.30. The van der Waals surface area contributed by atoms with E-state index in [4.69, 9.17) is 22.7 Å². The molecule has 0 radical (unpaired) electrons. The van der Waals surface area contributed by atoms with Crippen LogP contribution in [0.4, 0.5) is 11.4 Å². The minimum Gasteiger partial charge on any atom is -0.494 e. The van der Waals surface area contributed by atoms with Crippen molar-refractivity contribution in [1.29, 1.82) is 0 Å². The first-order chi connectivity index (χ1) is 9.60. The Kier molecular flexibility index (Phi) is 4.98. The molecule has 0 bridgehead atoms. The molecule has 0 fully saturated rings. The summed E-state index contributed by atoms with van der Waals surface area (Å²) in [6, 6.07) is 13.5. The highest BCUT2D eigenvalue weighted by Crippen LogP contribution is 2.26. The Bertz CT molecular complexity index is 631. The zero-order valence-corrected chi connectivity index (χ0v) is 13.4. The van der Waals surface area contributed by atoms with Gasteiger partial charge in [0, 0.05) is 27.5 Å². The third-order valence-corrected chi connectivity index (χ3v) is 3.38. The summed E-state index contributed by atoms with van der Waals surface area (Å²) < 4.78 is 6.42. The van der Waals surface area contributed by atoms with Crippen molar-refractivity contribution in [3.8, 4) is 5.75 Å². The van der Waals surface area contributed by atoms with Gasteiger partial charge in [0.05, 0.1) is 6.61 Å². The minimum atomic E-state index is 0.356. The lowest BCUT2D eigenvalue weighted by atomic mass is 10.1. The van der Waals surface area contributed by atoms with E-state index in [-0.39, 0.29) is 0 Å². The van der Waals surface area contributed by atoms with E-state index in [1.807, 2.05) is 49.4 Å². The lowest BCUT2D eigenvalue weighted by Crippen LogP contribution is -2.12. The first-order valence-electron chi connectivity index (χ1n) is 6.19. The van der Waals surface area contributed by atoms with Gasteiger partial charge in [-0.3, -0.25) is 0 Å². The number of ether oxygens (including phenoxy) is 1. The summed E-state index contributed by atoms with van der Waals surface area (Å²) in [6.45, 7) is 2.60. The Morgan fingerprint density at radius 1 is 1.30 bits per heavy atom. The predicted molar refractivity (Wildman–Crippen MR) is 90.9 cm³/mol. The monoisotopic (exact) mass is 350 g/mol. The van der Waals surface area contributed by atoms with Crippen molar-refractivity contribution in [1.82, 2.24) is 0 Å². The summed E-state index contributed by atoms with van der Waals surface area (Å²) in [6.07, 6.45) is 0. The fraction of sp³-hybridized carbons (Fsp3) is 0.133. The molecule has 5 heteroatoms. The number of benzene rings is 2. The highest BCUT2D eigenvalue weighted by molar-refractivity contribution is 9.10. The van der Waals surface area contributed by atoms with Gasteiger partial charge in [-0.1, -0.05) is 34.2 Å². The molecule has 0 unspecified atom stereocenters. The smallest absolute Gasteiger partial charge is 0.121 e. The summed E-state index contributed by atoms with van der Waals surface area (Å²) in [4.78, 5) is 0.356. The molecule has 2 rings (SSSR count). The van der Waals surface area contributed by atoms with Crippen LogP contribution < -0.4 is 15.8 Å². The van der Waals surface area contributed by atoms with E-state index in [9.17, 15) is 0 Å². The number of nitrogens with two attached hydrogens (primary N) is 1. The zero-order valence-electron chi connectivity index (χ0n) is 11.0. The maximum atomic E-state index is 5.76. The normalized spacial score (nSPS) is 10.1. The molecule has 0 amide bonds. The molecule has 0 saturated heterocycles. The number of hydrogen-bond donors (Lipinski definition) is 2. The van der Waals surface area contributed by atoms with Crippen molar-refractivity contribution in [3.63, 3.8) is 0 Å². The summed E-state index contributed by atoms with van der Waals surface area (Å²) >= 11 is 8.50. The fourth-order valence-electron chi connectivity index (χ4n) is 1.82. The number of thiocarbonyl (C=S) groups is 1. The largest absolute Gasteiger partial charge is 0.494 e. The molecule has 20 heavy (non-hydrogen) atoms. The van der Waals surface area contributed by atoms with E-state index >= 15 is 0 Å². The van der Waals surface area contributed by atoms with E-state index in [1.54, 1.807) is 0 Å². The van der Waals surface area contributed by atoms with Crippen molar-refractivity contribution in [2.45, 2.75) is 6.92 Å². The summed E-state index contributed by atoms with van der Waals surface area (Å²) in [5, 5.41) is 3.31. The minimum absolute atomic E-state index is 0.356. The average molecular weight is 351 g/mol. The first kappa shape index (κ1) is 14.8. The van der Waals surface area contributed by atoms with E-state index in [0.29, 0.717) is 11.6 Å². The number of rotatable bonds is 5. The van der Waals surface area contributed by atoms with Crippen LogP contribution >= 0.6 is 28.1 Å². The topological polar surface area (TPSA) is 47.3 Å². The molecule has 0 aliphatic rings. The summed E-state index contributed by atoms with van der Waals surface area (Å²) in [5.41, 5.74) is 8.36. The number of anilines is 2. The van der Waals surface area contributed by atoms with Crippen LogP contribution in [-0.4, -0.2) is 11.6 Å². The first-order valence-corrected chi connectivity index (χ1v) is 7.39. The molecule has 104 valence electrons. The van der Waals surface area contributed by atoms with Crippen molar-refractivity contribution >= 4 is 44.5 Å². The molecule has 3 N–H and O–H groups in total. The van der Waals surface area contributed by atoms with Gasteiger partial charge >= 0.3 is 0 Å². The van der Waals surface area contributed by atoms with Gasteiger partial charge < -0.3 is 15.8 Å². The molecule has 2 aromatic rings. The van der Waals surface area contributed by atoms with Gasteiger partial charge in [0.2, 0.25) is 0 Å². The number of halogens is 1. The van der Waals surface area contributed by atoms with Gasteiger partial charge in [-0.15, -0.1) is 0 Å². The van der Waals surface area contributed by atoms with E-state index in [2.05, 4.69) is 21.2 Å². The quantitative estimate of drug-likeness (QED) is 0.792. The molecule has 0 atom stereocenters. The fourth-order valence-corrected chi connectivity index (χ4v) is 2.35. The standard InChI is InChI=1S/C15H15BrN2OS/c1-2-19-12-5-3-4-11(9-12)18-14-7-6-10(16)8-13(14)15(17)20/h3-9,18H,2H2,1H3,(H2,17,20). The van der Waals surface area contributed by atoms with E-state index in [0.717, 1.165) is 27.2 Å². The number of hydrogen-bond acceptors (Lipinski definition) is 3. The summed E-state index contributed by atoms with van der Waals surface area (Å²) in [5.74, 6) is 0.825. The maximum Gasteiger partial charge on any atom is 0.121 e. The van der Waals surface area contributed by atoms with Crippen LogP contribution in [0, 0.1) is 0 Å². The molecule has 0 spiro atoms. The SMILES string of the molecule is CCOc1cccc(Nc2ccc(Br)cc2C(N)=S)c1. The number of nitrogens with one attached hydrogen (secondary N) is 1. The van der Waals surface area contributed by atoms with Crippen LogP contribution in [0.3, 0.4) is 0 Å². The van der Waals surface area contributed by atoms with Crippen molar-refractivity contribution < 1.29 is 4.74 Å². The molecule has 0 aromatic heterocycles. The van der Waals surface area contributed by atoms with Gasteiger partial charge in [0.25, 0.3) is 0 Å². The zero-order chi connectivity index (χ0) is 14.5. The van der Waals surface area contributed by atoms with Crippen LogP contribution in [0.15, 0.2) is 46.9 Å². The van der Waals surface area contributed by atoms with Crippen molar-refractivity contribution in [2.75, 3.05) is 11.9 Å². The Morgan fingerprint density at radius 2 is 2.10 bits per heavy atom. The van der Waals surface area contributed by atoms with Gasteiger partial charge in [0.1, 0.15) is 10.7 Å². The van der Waals surface area contributed by atoms with E-state index in [1.165, 1.54) is 0 Å². The Hall–Kier alpha value is -1.59. The van der Waals surface area contributed by atoms with Crippen LogP contribution in [0.25, 0.3) is 0 Å². The molecule has 2 aromatic carbocycles. The Morgan fingerprint density at radius 3 is 2.80 bits per heavy atom. The van der Waals surface area contributed by atoms with Crippen LogP contribution in [-0.2, 0) is 0 Å². The van der Waals surface area contributed by atoms with Gasteiger partial charge in [0.15, 0.2) is 0 Å². The lowest BCUT2D eigenvalue weighted by molar-refractivity contribution is 0.340. The molecule has 0 aliphatic heterocycles. The second kappa shape index (κ2) is 6.72. The molecule has 3 nitrogen and oxygen atoms in total. The van der Waals surface area contributed by atoms with Gasteiger partial charge in [-0.2, -0.15) is 0 Å². The van der Waals surface area contributed by atoms with E-state index < -0.39 is 0 Å². The molecule has 0 aliphatic carbocycles. The molecular weight excluding hydrogens is 336 g/mol. The second-order valence-corrected chi connectivity index (χ2v) is 5.50. The maximum absolute atomic E-state index is 5.76. The van der Waals surface area contributed by atoms with Crippen LogP contribution in [0.2, 0.25) is 0 Å². The second-order valence-electron chi connectivity index (χ2n) is 4.14. The lowest BCUT2D eigenvalue weighted by Gasteiger charge is -2.13. The average Bonchev–Trinajstić information content (AvgIpc) is 2.41. The van der Waals surface area contributed by atoms with Crippen LogP contribution in [0.5, 0.6) is 5.75 Å². The third-order valence-electron chi connectivity index (χ3n) is 2.67. The molecule has 0 saturated carbocycles. The van der Waals surface area contributed by atoms with Crippen molar-refractivity contribution in [2.24, 2.45) is 5.73 Å². The van der Waals surface area contributed by atoms with Crippen molar-refractivity contribution in [3.05, 3.63) is 52.5 Å². The third kappa shape index (κ3) is 3.71. The van der Waals surface area contributed by atoms with Gasteiger partial charge in [-0.25, -0.2) is 0 Å². The van der Waals surface area contributed by atoms with Gasteiger partial charge in [-0.05, 0) is 37.3 Å². The molecular formula is C15H15BrN2OS. The highest BCUT2D eigenvalue weighted by Gasteiger charge is 2.07. The predicted octanol–water partition coefficient (Wildman–Crippen LogP) is 4.23. The van der Waals surface area contributed by atoms with Crippen LogP contribution in [0.1, 0.15) is 12.5 Å². The Labute approximate surface area is 132 Å². The summed E-state index contributed by atoms with van der Waals surface area (Å²) in [7, 11) is 0. The highest BCUT2D eigenvalue weighted by atomic mass is 79.9.